The van der Waals surface area contributed by atoms with Crippen molar-refractivity contribution in [2.75, 3.05) is 0 Å². The standard InChI is InChI=1S/C12H22O2/c1-3-4-5-6-7-11-10(2)8-9-12(13)14-11/h10-11H,3-9H2,1-2H3/t10-,11+/m0/s1. The van der Waals surface area contributed by atoms with Crippen LogP contribution in [0.2, 0.25) is 0 Å². The molecule has 0 aromatic rings. The van der Waals surface area contributed by atoms with E-state index in [4.69, 9.17) is 4.74 Å². The first-order valence-electron chi connectivity index (χ1n) is 5.93. The van der Waals surface area contributed by atoms with Gasteiger partial charge in [0.1, 0.15) is 6.10 Å². The first-order chi connectivity index (χ1) is 6.74. The van der Waals surface area contributed by atoms with Crippen molar-refractivity contribution in [3.8, 4) is 0 Å². The lowest BCUT2D eigenvalue weighted by Gasteiger charge is -2.28. The van der Waals surface area contributed by atoms with Crippen molar-refractivity contribution in [1.82, 2.24) is 0 Å². The Labute approximate surface area is 87.0 Å². The van der Waals surface area contributed by atoms with Crippen molar-refractivity contribution in [3.63, 3.8) is 0 Å². The number of esters is 1. The summed E-state index contributed by atoms with van der Waals surface area (Å²) in [6.45, 7) is 4.40. The van der Waals surface area contributed by atoms with Crippen LogP contribution in [0.1, 0.15) is 58.8 Å². The van der Waals surface area contributed by atoms with E-state index in [0.29, 0.717) is 12.3 Å². The minimum atomic E-state index is 0.00333. The number of cyclic esters (lactones) is 1. The summed E-state index contributed by atoms with van der Waals surface area (Å²) in [5.74, 6) is 0.568. The Morgan fingerprint density at radius 1 is 1.36 bits per heavy atom. The summed E-state index contributed by atoms with van der Waals surface area (Å²) in [7, 11) is 0. The number of hydrogen-bond donors (Lipinski definition) is 0. The summed E-state index contributed by atoms with van der Waals surface area (Å²) in [6, 6.07) is 0. The SMILES string of the molecule is CCCCCC[C@H]1OC(=O)CC[C@@H]1C. The Morgan fingerprint density at radius 3 is 2.86 bits per heavy atom. The van der Waals surface area contributed by atoms with E-state index in [1.165, 1.54) is 25.7 Å². The van der Waals surface area contributed by atoms with Gasteiger partial charge in [0.2, 0.25) is 0 Å². The Hall–Kier alpha value is -0.530. The molecule has 2 heteroatoms. The molecule has 0 amide bonds. The lowest BCUT2D eigenvalue weighted by atomic mass is 9.92. The van der Waals surface area contributed by atoms with Crippen LogP contribution >= 0.6 is 0 Å². The number of ether oxygens (including phenoxy) is 1. The lowest BCUT2D eigenvalue weighted by Crippen LogP contribution is -2.30. The highest BCUT2D eigenvalue weighted by Crippen LogP contribution is 2.25. The molecule has 0 radical (unpaired) electrons. The molecule has 1 fully saturated rings. The zero-order valence-electron chi connectivity index (χ0n) is 9.42. The molecule has 14 heavy (non-hydrogen) atoms. The number of carbonyl (C=O) groups excluding carboxylic acids is 1. The molecule has 1 saturated heterocycles. The van der Waals surface area contributed by atoms with Crippen LogP contribution in [-0.4, -0.2) is 12.1 Å². The Balaban J connectivity index is 2.17. The molecule has 1 heterocycles. The zero-order chi connectivity index (χ0) is 10.4. The van der Waals surface area contributed by atoms with Gasteiger partial charge in [-0.25, -0.2) is 0 Å². The maximum absolute atomic E-state index is 11.1. The Morgan fingerprint density at radius 2 is 2.14 bits per heavy atom. The molecule has 0 bridgehead atoms. The van der Waals surface area contributed by atoms with Gasteiger partial charge in [-0.05, 0) is 25.2 Å². The van der Waals surface area contributed by atoms with Crippen LogP contribution in [0.3, 0.4) is 0 Å². The number of unbranched alkanes of at least 4 members (excludes halogenated alkanes) is 3. The topological polar surface area (TPSA) is 26.3 Å². The fraction of sp³-hybridized carbons (Fsp3) is 0.917. The number of hydrogen-bond acceptors (Lipinski definition) is 2. The van der Waals surface area contributed by atoms with Crippen molar-refractivity contribution >= 4 is 5.97 Å². The van der Waals surface area contributed by atoms with Crippen LogP contribution in [-0.2, 0) is 9.53 Å². The van der Waals surface area contributed by atoms with Crippen molar-refractivity contribution in [3.05, 3.63) is 0 Å². The van der Waals surface area contributed by atoms with E-state index in [0.717, 1.165) is 12.8 Å². The second-order valence-electron chi connectivity index (χ2n) is 4.39. The monoisotopic (exact) mass is 198 g/mol. The van der Waals surface area contributed by atoms with Crippen molar-refractivity contribution < 1.29 is 9.53 Å². The third-order valence-corrected chi connectivity index (χ3v) is 3.06. The van der Waals surface area contributed by atoms with E-state index in [-0.39, 0.29) is 12.1 Å². The molecule has 0 unspecified atom stereocenters. The molecule has 0 aromatic heterocycles. The molecule has 2 atom stereocenters. The number of rotatable bonds is 5. The van der Waals surface area contributed by atoms with Crippen LogP contribution in [0.25, 0.3) is 0 Å². The molecule has 0 saturated carbocycles. The molecule has 0 aliphatic carbocycles. The minimum Gasteiger partial charge on any atom is -0.462 e. The molecule has 0 aromatic carbocycles. The number of carbonyl (C=O) groups is 1. The Bertz CT molecular complexity index is 177. The first kappa shape index (κ1) is 11.5. The summed E-state index contributed by atoms with van der Waals surface area (Å²) < 4.78 is 5.34. The average molecular weight is 198 g/mol. The normalized spacial score (nSPS) is 27.4. The fourth-order valence-electron chi connectivity index (χ4n) is 1.99. The second kappa shape index (κ2) is 6.05. The second-order valence-corrected chi connectivity index (χ2v) is 4.39. The van der Waals surface area contributed by atoms with E-state index in [9.17, 15) is 4.79 Å². The zero-order valence-corrected chi connectivity index (χ0v) is 9.42. The van der Waals surface area contributed by atoms with Crippen LogP contribution in [0.4, 0.5) is 0 Å². The molecule has 1 aliphatic rings. The molecule has 1 aliphatic heterocycles. The summed E-state index contributed by atoms with van der Waals surface area (Å²) in [5, 5.41) is 0. The van der Waals surface area contributed by atoms with E-state index in [2.05, 4.69) is 13.8 Å². The molecule has 0 N–H and O–H groups in total. The molecular weight excluding hydrogens is 176 g/mol. The van der Waals surface area contributed by atoms with Gasteiger partial charge in [-0.15, -0.1) is 0 Å². The largest absolute Gasteiger partial charge is 0.462 e. The van der Waals surface area contributed by atoms with Gasteiger partial charge in [0, 0.05) is 6.42 Å². The van der Waals surface area contributed by atoms with Crippen LogP contribution < -0.4 is 0 Å². The molecule has 0 spiro atoms. The van der Waals surface area contributed by atoms with Gasteiger partial charge >= 0.3 is 5.97 Å². The Kier molecular flexibility index (Phi) is 4.99. The quantitative estimate of drug-likeness (QED) is 0.500. The smallest absolute Gasteiger partial charge is 0.306 e. The molecule has 2 nitrogen and oxygen atoms in total. The van der Waals surface area contributed by atoms with E-state index in [1.54, 1.807) is 0 Å². The summed E-state index contributed by atoms with van der Waals surface area (Å²) in [5.41, 5.74) is 0. The van der Waals surface area contributed by atoms with Gasteiger partial charge in [0.15, 0.2) is 0 Å². The highest BCUT2D eigenvalue weighted by Gasteiger charge is 2.26. The third-order valence-electron chi connectivity index (χ3n) is 3.06. The summed E-state index contributed by atoms with van der Waals surface area (Å²) in [6.07, 6.45) is 7.94. The minimum absolute atomic E-state index is 0.00333. The van der Waals surface area contributed by atoms with E-state index < -0.39 is 0 Å². The van der Waals surface area contributed by atoms with Crippen molar-refractivity contribution in [2.24, 2.45) is 5.92 Å². The summed E-state index contributed by atoms with van der Waals surface area (Å²) in [4.78, 5) is 11.1. The third kappa shape index (κ3) is 3.69. The summed E-state index contributed by atoms with van der Waals surface area (Å²) >= 11 is 0. The van der Waals surface area contributed by atoms with Gasteiger partial charge in [-0.2, -0.15) is 0 Å². The van der Waals surface area contributed by atoms with Gasteiger partial charge in [-0.1, -0.05) is 33.1 Å². The predicted molar refractivity (Wildman–Crippen MR) is 57.0 cm³/mol. The van der Waals surface area contributed by atoms with Gasteiger partial charge < -0.3 is 4.74 Å². The van der Waals surface area contributed by atoms with Crippen molar-refractivity contribution in [2.45, 2.75) is 64.9 Å². The first-order valence-corrected chi connectivity index (χ1v) is 5.93. The average Bonchev–Trinajstić information content (AvgIpc) is 2.18. The van der Waals surface area contributed by atoms with Crippen LogP contribution in [0.15, 0.2) is 0 Å². The highest BCUT2D eigenvalue weighted by atomic mass is 16.5. The van der Waals surface area contributed by atoms with Gasteiger partial charge in [0.05, 0.1) is 0 Å². The molecule has 1 rings (SSSR count). The maximum Gasteiger partial charge on any atom is 0.306 e. The maximum atomic E-state index is 11.1. The van der Waals surface area contributed by atoms with Crippen LogP contribution in [0.5, 0.6) is 0 Å². The molecule has 82 valence electrons. The highest BCUT2D eigenvalue weighted by molar-refractivity contribution is 5.70. The molecular formula is C12H22O2. The van der Waals surface area contributed by atoms with Crippen LogP contribution in [0, 0.1) is 5.92 Å². The van der Waals surface area contributed by atoms with E-state index >= 15 is 0 Å². The van der Waals surface area contributed by atoms with Gasteiger partial charge in [0.25, 0.3) is 0 Å². The van der Waals surface area contributed by atoms with Crippen molar-refractivity contribution in [1.29, 1.82) is 0 Å². The predicted octanol–water partition coefficient (Wildman–Crippen LogP) is 3.30. The van der Waals surface area contributed by atoms with Gasteiger partial charge in [-0.3, -0.25) is 4.79 Å². The lowest BCUT2D eigenvalue weighted by molar-refractivity contribution is -0.158. The van der Waals surface area contributed by atoms with E-state index in [1.807, 2.05) is 0 Å². The fourth-order valence-corrected chi connectivity index (χ4v) is 1.99.